The number of halogens is 1. The van der Waals surface area contributed by atoms with E-state index in [2.05, 4.69) is 5.32 Å². The van der Waals surface area contributed by atoms with Gasteiger partial charge in [0.1, 0.15) is 11.4 Å². The third-order valence-corrected chi connectivity index (χ3v) is 1.85. The van der Waals surface area contributed by atoms with Crippen molar-refractivity contribution in [2.45, 2.75) is 0 Å². The highest BCUT2D eigenvalue weighted by atomic mass is 35.5. The van der Waals surface area contributed by atoms with Crippen LogP contribution in [0.5, 0.6) is 11.5 Å². The molecule has 5 heteroatoms. The van der Waals surface area contributed by atoms with Crippen LogP contribution in [-0.2, 0) is 0 Å². The molecule has 0 aliphatic rings. The SMILES string of the molecule is CNc1ccc(OC)c(N)c1OC.Cl. The normalized spacial score (nSPS) is 8.79. The summed E-state index contributed by atoms with van der Waals surface area (Å²) in [5, 5.41) is 2.98. The number of methoxy groups -OCH3 is 2. The molecule has 0 aliphatic carbocycles. The molecule has 0 spiro atoms. The van der Waals surface area contributed by atoms with Crippen molar-refractivity contribution in [2.75, 3.05) is 32.3 Å². The molecule has 1 rings (SSSR count). The lowest BCUT2D eigenvalue weighted by atomic mass is 10.2. The summed E-state index contributed by atoms with van der Waals surface area (Å²) in [4.78, 5) is 0. The molecule has 0 saturated heterocycles. The Bertz CT molecular complexity index is 305. The predicted molar refractivity (Wildman–Crippen MR) is 60.8 cm³/mol. The molecule has 0 atom stereocenters. The largest absolute Gasteiger partial charge is 0.494 e. The van der Waals surface area contributed by atoms with E-state index in [1.165, 1.54) is 0 Å². The molecule has 1 aromatic carbocycles. The van der Waals surface area contributed by atoms with E-state index < -0.39 is 0 Å². The summed E-state index contributed by atoms with van der Waals surface area (Å²) in [6.45, 7) is 0. The second-order valence-electron chi connectivity index (χ2n) is 2.51. The molecule has 0 bridgehead atoms. The average Bonchev–Trinajstić information content (AvgIpc) is 2.17. The van der Waals surface area contributed by atoms with Gasteiger partial charge in [0.15, 0.2) is 5.75 Å². The van der Waals surface area contributed by atoms with Crippen molar-refractivity contribution in [3.63, 3.8) is 0 Å². The number of nitrogens with one attached hydrogen (secondary N) is 1. The van der Waals surface area contributed by atoms with Crippen molar-refractivity contribution in [2.24, 2.45) is 0 Å². The Labute approximate surface area is 89.8 Å². The molecule has 80 valence electrons. The predicted octanol–water partition coefficient (Wildman–Crippen LogP) is 1.75. The van der Waals surface area contributed by atoms with Gasteiger partial charge >= 0.3 is 0 Å². The summed E-state index contributed by atoms with van der Waals surface area (Å²) >= 11 is 0. The van der Waals surface area contributed by atoms with Gasteiger partial charge in [-0.3, -0.25) is 0 Å². The van der Waals surface area contributed by atoms with Crippen LogP contribution in [-0.4, -0.2) is 21.3 Å². The molecule has 0 amide bonds. The fourth-order valence-corrected chi connectivity index (χ4v) is 1.18. The van der Waals surface area contributed by atoms with E-state index in [4.69, 9.17) is 15.2 Å². The van der Waals surface area contributed by atoms with E-state index in [1.807, 2.05) is 13.1 Å². The minimum atomic E-state index is 0. The van der Waals surface area contributed by atoms with Crippen molar-refractivity contribution >= 4 is 23.8 Å². The summed E-state index contributed by atoms with van der Waals surface area (Å²) in [6.07, 6.45) is 0. The van der Waals surface area contributed by atoms with Gasteiger partial charge in [0.2, 0.25) is 0 Å². The topological polar surface area (TPSA) is 56.5 Å². The number of anilines is 2. The van der Waals surface area contributed by atoms with Crippen LogP contribution in [0, 0.1) is 0 Å². The number of nitrogens with two attached hydrogens (primary N) is 1. The number of ether oxygens (including phenoxy) is 2. The van der Waals surface area contributed by atoms with Gasteiger partial charge in [-0.1, -0.05) is 0 Å². The highest BCUT2D eigenvalue weighted by molar-refractivity contribution is 5.85. The average molecular weight is 219 g/mol. The van der Waals surface area contributed by atoms with Gasteiger partial charge in [-0.15, -0.1) is 12.4 Å². The first kappa shape index (κ1) is 12.7. The lowest BCUT2D eigenvalue weighted by molar-refractivity contribution is 0.399. The highest BCUT2D eigenvalue weighted by Crippen LogP contribution is 2.37. The monoisotopic (exact) mass is 218 g/mol. The zero-order valence-corrected chi connectivity index (χ0v) is 9.27. The van der Waals surface area contributed by atoms with E-state index in [0.29, 0.717) is 17.2 Å². The Morgan fingerprint density at radius 2 is 1.86 bits per heavy atom. The molecule has 0 heterocycles. The lowest BCUT2D eigenvalue weighted by Gasteiger charge is -2.13. The van der Waals surface area contributed by atoms with E-state index in [-0.39, 0.29) is 12.4 Å². The molecular weight excluding hydrogens is 204 g/mol. The third kappa shape index (κ3) is 2.14. The Balaban J connectivity index is 0.00000169. The smallest absolute Gasteiger partial charge is 0.168 e. The van der Waals surface area contributed by atoms with Crippen LogP contribution in [0.15, 0.2) is 12.1 Å². The summed E-state index contributed by atoms with van der Waals surface area (Å²) in [5.74, 6) is 1.23. The lowest BCUT2D eigenvalue weighted by Crippen LogP contribution is -2.00. The Morgan fingerprint density at radius 3 is 2.29 bits per heavy atom. The van der Waals surface area contributed by atoms with Crippen molar-refractivity contribution < 1.29 is 9.47 Å². The summed E-state index contributed by atoms with van der Waals surface area (Å²) in [6, 6.07) is 3.65. The first-order valence-corrected chi connectivity index (χ1v) is 3.92. The molecule has 0 saturated carbocycles. The number of benzene rings is 1. The molecule has 0 aliphatic heterocycles. The molecular formula is C9H15ClN2O2. The van der Waals surface area contributed by atoms with Gasteiger partial charge in [0.05, 0.1) is 19.9 Å². The van der Waals surface area contributed by atoms with Gasteiger partial charge in [0.25, 0.3) is 0 Å². The number of hydrogen-bond donors (Lipinski definition) is 2. The molecule has 0 fully saturated rings. The van der Waals surface area contributed by atoms with Crippen molar-refractivity contribution in [1.29, 1.82) is 0 Å². The quantitative estimate of drug-likeness (QED) is 0.759. The second kappa shape index (κ2) is 5.44. The Morgan fingerprint density at radius 1 is 1.21 bits per heavy atom. The van der Waals surface area contributed by atoms with Crippen molar-refractivity contribution in [3.8, 4) is 11.5 Å². The van der Waals surface area contributed by atoms with E-state index in [0.717, 1.165) is 5.69 Å². The van der Waals surface area contributed by atoms with Gasteiger partial charge in [-0.05, 0) is 12.1 Å². The van der Waals surface area contributed by atoms with E-state index >= 15 is 0 Å². The molecule has 0 unspecified atom stereocenters. The number of rotatable bonds is 3. The summed E-state index contributed by atoms with van der Waals surface area (Å²) < 4.78 is 10.2. The molecule has 0 aromatic heterocycles. The zero-order valence-electron chi connectivity index (χ0n) is 8.46. The Hall–Kier alpha value is -1.29. The number of nitrogen functional groups attached to an aromatic ring is 1. The summed E-state index contributed by atoms with van der Waals surface area (Å²) in [5.41, 5.74) is 7.15. The minimum absolute atomic E-state index is 0. The molecule has 1 aromatic rings. The highest BCUT2D eigenvalue weighted by Gasteiger charge is 2.10. The van der Waals surface area contributed by atoms with Crippen LogP contribution in [0.25, 0.3) is 0 Å². The number of hydrogen-bond acceptors (Lipinski definition) is 4. The van der Waals surface area contributed by atoms with Gasteiger partial charge < -0.3 is 20.5 Å². The van der Waals surface area contributed by atoms with Crippen LogP contribution < -0.4 is 20.5 Å². The fraction of sp³-hybridized carbons (Fsp3) is 0.333. The standard InChI is InChI=1S/C9H14N2O2.ClH/c1-11-6-4-5-7(12-2)8(10)9(6)13-3;/h4-5,11H,10H2,1-3H3;1H. The maximum atomic E-state index is 5.79. The second-order valence-corrected chi connectivity index (χ2v) is 2.51. The molecule has 4 nitrogen and oxygen atoms in total. The molecule has 0 radical (unpaired) electrons. The molecule has 3 N–H and O–H groups in total. The first-order valence-electron chi connectivity index (χ1n) is 3.92. The van der Waals surface area contributed by atoms with E-state index in [9.17, 15) is 0 Å². The fourth-order valence-electron chi connectivity index (χ4n) is 1.18. The van der Waals surface area contributed by atoms with Crippen molar-refractivity contribution in [3.05, 3.63) is 12.1 Å². The zero-order chi connectivity index (χ0) is 9.84. The first-order chi connectivity index (χ1) is 6.24. The van der Waals surface area contributed by atoms with Crippen LogP contribution in [0.2, 0.25) is 0 Å². The minimum Gasteiger partial charge on any atom is -0.494 e. The van der Waals surface area contributed by atoms with Crippen LogP contribution in [0.4, 0.5) is 11.4 Å². The maximum Gasteiger partial charge on any atom is 0.168 e. The van der Waals surface area contributed by atoms with Crippen LogP contribution in [0.1, 0.15) is 0 Å². The van der Waals surface area contributed by atoms with Gasteiger partial charge in [0, 0.05) is 7.05 Å². The maximum absolute atomic E-state index is 5.79. The van der Waals surface area contributed by atoms with Crippen molar-refractivity contribution in [1.82, 2.24) is 0 Å². The van der Waals surface area contributed by atoms with Gasteiger partial charge in [-0.2, -0.15) is 0 Å². The van der Waals surface area contributed by atoms with Crippen LogP contribution >= 0.6 is 12.4 Å². The third-order valence-electron chi connectivity index (χ3n) is 1.85. The summed E-state index contributed by atoms with van der Waals surface area (Å²) in [7, 11) is 4.96. The van der Waals surface area contributed by atoms with Crippen LogP contribution in [0.3, 0.4) is 0 Å². The van der Waals surface area contributed by atoms with E-state index in [1.54, 1.807) is 20.3 Å². The Kier molecular flexibility index (Phi) is 4.94. The molecule has 14 heavy (non-hydrogen) atoms. The van der Waals surface area contributed by atoms with Gasteiger partial charge in [-0.25, -0.2) is 0 Å².